The first kappa shape index (κ1) is 11.0. The SMILES string of the molecule is COc1ncc(C(C)(C)CO)cc1C. The Kier molecular flexibility index (Phi) is 3.11. The topological polar surface area (TPSA) is 42.4 Å². The van der Waals surface area contributed by atoms with Gasteiger partial charge >= 0.3 is 0 Å². The summed E-state index contributed by atoms with van der Waals surface area (Å²) in [5.74, 6) is 0.641. The normalized spacial score (nSPS) is 11.5. The molecule has 0 atom stereocenters. The Balaban J connectivity index is 3.08. The van der Waals surface area contributed by atoms with Crippen LogP contribution in [0.5, 0.6) is 5.88 Å². The van der Waals surface area contributed by atoms with Crippen LogP contribution in [0.1, 0.15) is 25.0 Å². The van der Waals surface area contributed by atoms with Gasteiger partial charge in [-0.2, -0.15) is 0 Å². The Morgan fingerprint density at radius 1 is 1.50 bits per heavy atom. The molecule has 1 aromatic rings. The van der Waals surface area contributed by atoms with Crippen molar-refractivity contribution in [1.82, 2.24) is 4.98 Å². The van der Waals surface area contributed by atoms with Gasteiger partial charge in [0.2, 0.25) is 5.88 Å². The zero-order valence-corrected chi connectivity index (χ0v) is 9.16. The van der Waals surface area contributed by atoms with E-state index in [4.69, 9.17) is 4.74 Å². The molecule has 0 saturated heterocycles. The highest BCUT2D eigenvalue weighted by Crippen LogP contribution is 2.25. The number of aryl methyl sites for hydroxylation is 1. The maximum Gasteiger partial charge on any atom is 0.215 e. The van der Waals surface area contributed by atoms with Gasteiger partial charge in [0.15, 0.2) is 0 Å². The van der Waals surface area contributed by atoms with E-state index < -0.39 is 0 Å². The number of ether oxygens (including phenoxy) is 1. The summed E-state index contributed by atoms with van der Waals surface area (Å²) in [5.41, 5.74) is 1.77. The van der Waals surface area contributed by atoms with Crippen LogP contribution in [0.3, 0.4) is 0 Å². The lowest BCUT2D eigenvalue weighted by molar-refractivity contribution is 0.218. The average Bonchev–Trinajstić information content (AvgIpc) is 2.17. The number of pyridine rings is 1. The fourth-order valence-corrected chi connectivity index (χ4v) is 1.24. The molecule has 1 N–H and O–H groups in total. The molecule has 0 aliphatic carbocycles. The van der Waals surface area contributed by atoms with Crippen LogP contribution in [-0.4, -0.2) is 23.8 Å². The lowest BCUT2D eigenvalue weighted by Gasteiger charge is -2.22. The van der Waals surface area contributed by atoms with Gasteiger partial charge < -0.3 is 9.84 Å². The minimum atomic E-state index is -0.246. The van der Waals surface area contributed by atoms with Gasteiger partial charge in [-0.3, -0.25) is 0 Å². The predicted octanol–water partition coefficient (Wildman–Crippen LogP) is 1.67. The molecule has 1 rings (SSSR count). The van der Waals surface area contributed by atoms with Crippen LogP contribution in [0.15, 0.2) is 12.3 Å². The Hall–Kier alpha value is -1.09. The van der Waals surface area contributed by atoms with Crippen LogP contribution < -0.4 is 4.74 Å². The second kappa shape index (κ2) is 3.96. The van der Waals surface area contributed by atoms with Crippen LogP contribution in [0.25, 0.3) is 0 Å². The smallest absolute Gasteiger partial charge is 0.215 e. The Morgan fingerprint density at radius 2 is 2.14 bits per heavy atom. The Bertz CT molecular complexity index is 321. The van der Waals surface area contributed by atoms with E-state index in [0.29, 0.717) is 5.88 Å². The van der Waals surface area contributed by atoms with Gasteiger partial charge in [0.25, 0.3) is 0 Å². The van der Waals surface area contributed by atoms with Gasteiger partial charge in [0.1, 0.15) is 0 Å². The van der Waals surface area contributed by atoms with Crippen molar-refractivity contribution < 1.29 is 9.84 Å². The molecule has 0 radical (unpaired) electrons. The summed E-state index contributed by atoms with van der Waals surface area (Å²) in [6.45, 7) is 6.02. The molecule has 0 aliphatic rings. The Labute approximate surface area is 84.7 Å². The number of aromatic nitrogens is 1. The third-order valence-corrected chi connectivity index (χ3v) is 2.40. The summed E-state index contributed by atoms with van der Waals surface area (Å²) < 4.78 is 5.07. The first-order valence-electron chi connectivity index (χ1n) is 4.63. The molecule has 0 aliphatic heterocycles. The zero-order valence-electron chi connectivity index (χ0n) is 9.16. The van der Waals surface area contributed by atoms with Crippen molar-refractivity contribution in [3.63, 3.8) is 0 Å². The van der Waals surface area contributed by atoms with E-state index in [2.05, 4.69) is 4.98 Å². The number of hydrogen-bond donors (Lipinski definition) is 1. The van der Waals surface area contributed by atoms with Gasteiger partial charge in [-0.1, -0.05) is 13.8 Å². The first-order valence-corrected chi connectivity index (χ1v) is 4.63. The molecule has 1 heterocycles. The molecule has 14 heavy (non-hydrogen) atoms. The van der Waals surface area contributed by atoms with E-state index in [-0.39, 0.29) is 12.0 Å². The fraction of sp³-hybridized carbons (Fsp3) is 0.545. The minimum Gasteiger partial charge on any atom is -0.481 e. The maximum absolute atomic E-state index is 9.21. The largest absolute Gasteiger partial charge is 0.481 e. The minimum absolute atomic E-state index is 0.112. The second-order valence-electron chi connectivity index (χ2n) is 4.09. The van der Waals surface area contributed by atoms with E-state index in [1.807, 2.05) is 26.8 Å². The second-order valence-corrected chi connectivity index (χ2v) is 4.09. The number of methoxy groups -OCH3 is 1. The lowest BCUT2D eigenvalue weighted by atomic mass is 9.86. The molecule has 78 valence electrons. The lowest BCUT2D eigenvalue weighted by Crippen LogP contribution is -2.22. The van der Waals surface area contributed by atoms with Crippen LogP contribution in [-0.2, 0) is 5.41 Å². The number of aliphatic hydroxyl groups excluding tert-OH is 1. The number of nitrogens with zero attached hydrogens (tertiary/aromatic N) is 1. The van der Waals surface area contributed by atoms with Gasteiger partial charge in [-0.25, -0.2) is 4.98 Å². The van der Waals surface area contributed by atoms with Crippen molar-refractivity contribution in [2.45, 2.75) is 26.2 Å². The quantitative estimate of drug-likeness (QED) is 0.797. The molecule has 0 unspecified atom stereocenters. The van der Waals surface area contributed by atoms with Gasteiger partial charge in [-0.05, 0) is 18.6 Å². The molecule has 0 bridgehead atoms. The zero-order chi connectivity index (χ0) is 10.8. The van der Waals surface area contributed by atoms with E-state index in [0.717, 1.165) is 11.1 Å². The third-order valence-electron chi connectivity index (χ3n) is 2.40. The van der Waals surface area contributed by atoms with Gasteiger partial charge in [-0.15, -0.1) is 0 Å². The average molecular weight is 195 g/mol. The number of rotatable bonds is 3. The standard InChI is InChI=1S/C11H17NO2/c1-8-5-9(11(2,3)7-13)6-12-10(8)14-4/h5-6,13H,7H2,1-4H3. The highest BCUT2D eigenvalue weighted by molar-refractivity contribution is 5.32. The van der Waals surface area contributed by atoms with Crippen molar-refractivity contribution in [3.8, 4) is 5.88 Å². The molecule has 0 amide bonds. The van der Waals surface area contributed by atoms with Crippen LogP contribution in [0.2, 0.25) is 0 Å². The molecule has 3 nitrogen and oxygen atoms in total. The van der Waals surface area contributed by atoms with E-state index >= 15 is 0 Å². The highest BCUT2D eigenvalue weighted by Gasteiger charge is 2.20. The van der Waals surface area contributed by atoms with Crippen LogP contribution in [0.4, 0.5) is 0 Å². The molecule has 3 heteroatoms. The molecular weight excluding hydrogens is 178 g/mol. The molecule has 0 spiro atoms. The van der Waals surface area contributed by atoms with Crippen molar-refractivity contribution in [2.24, 2.45) is 0 Å². The van der Waals surface area contributed by atoms with Crippen LogP contribution >= 0.6 is 0 Å². The van der Waals surface area contributed by atoms with Crippen molar-refractivity contribution in [1.29, 1.82) is 0 Å². The monoisotopic (exact) mass is 195 g/mol. The van der Waals surface area contributed by atoms with Gasteiger partial charge in [0, 0.05) is 17.2 Å². The highest BCUT2D eigenvalue weighted by atomic mass is 16.5. The van der Waals surface area contributed by atoms with Crippen LogP contribution in [0, 0.1) is 6.92 Å². The first-order chi connectivity index (χ1) is 6.51. The predicted molar refractivity (Wildman–Crippen MR) is 55.6 cm³/mol. The van der Waals surface area contributed by atoms with E-state index in [1.54, 1.807) is 13.3 Å². The fourth-order valence-electron chi connectivity index (χ4n) is 1.24. The summed E-state index contributed by atoms with van der Waals surface area (Å²) in [4.78, 5) is 4.18. The molecule has 0 fully saturated rings. The van der Waals surface area contributed by atoms with Gasteiger partial charge in [0.05, 0.1) is 13.7 Å². The number of hydrogen-bond acceptors (Lipinski definition) is 3. The summed E-state index contributed by atoms with van der Waals surface area (Å²) in [5, 5.41) is 9.21. The molecular formula is C11H17NO2. The molecule has 0 aromatic carbocycles. The summed E-state index contributed by atoms with van der Waals surface area (Å²) in [7, 11) is 1.60. The van der Waals surface area contributed by atoms with Crippen molar-refractivity contribution in [2.75, 3.05) is 13.7 Å². The third kappa shape index (κ3) is 2.04. The van der Waals surface area contributed by atoms with E-state index in [9.17, 15) is 5.11 Å². The van der Waals surface area contributed by atoms with E-state index in [1.165, 1.54) is 0 Å². The number of aliphatic hydroxyl groups is 1. The summed E-state index contributed by atoms with van der Waals surface area (Å²) >= 11 is 0. The maximum atomic E-state index is 9.21. The molecule has 1 aromatic heterocycles. The Morgan fingerprint density at radius 3 is 2.57 bits per heavy atom. The summed E-state index contributed by atoms with van der Waals surface area (Å²) in [6.07, 6.45) is 1.75. The summed E-state index contributed by atoms with van der Waals surface area (Å²) in [6, 6.07) is 2.00. The van der Waals surface area contributed by atoms with Crippen molar-refractivity contribution >= 4 is 0 Å². The molecule has 0 saturated carbocycles. The van der Waals surface area contributed by atoms with Crippen molar-refractivity contribution in [3.05, 3.63) is 23.4 Å².